The molecule has 1 rings (SSSR count). The summed E-state index contributed by atoms with van der Waals surface area (Å²) in [7, 11) is 3.83. The highest BCUT2D eigenvalue weighted by molar-refractivity contribution is 6.30. The first-order valence-electron chi connectivity index (χ1n) is 6.68. The van der Waals surface area contributed by atoms with E-state index in [0.717, 1.165) is 11.4 Å². The van der Waals surface area contributed by atoms with Gasteiger partial charge in [-0.25, -0.2) is 0 Å². The number of methoxy groups -OCH3 is 1. The second-order valence-electron chi connectivity index (χ2n) is 5.05. The van der Waals surface area contributed by atoms with Gasteiger partial charge in [-0.1, -0.05) is 30.7 Å². The van der Waals surface area contributed by atoms with Crippen molar-refractivity contribution in [3.8, 4) is 0 Å². The minimum Gasteiger partial charge on any atom is -0.383 e. The van der Waals surface area contributed by atoms with Gasteiger partial charge in [0.25, 0.3) is 0 Å². The van der Waals surface area contributed by atoms with Crippen molar-refractivity contribution in [1.82, 2.24) is 4.90 Å². The molecule has 0 spiro atoms. The monoisotopic (exact) mass is 284 g/mol. The molecule has 4 heteroatoms. The summed E-state index contributed by atoms with van der Waals surface area (Å²) in [6, 6.07) is 8.23. The third kappa shape index (κ3) is 3.69. The number of nitrogens with zero attached hydrogens (tertiary/aromatic N) is 1. The third-order valence-corrected chi connectivity index (χ3v) is 4.38. The number of ether oxygens (including phenoxy) is 1. The summed E-state index contributed by atoms with van der Waals surface area (Å²) in [6.45, 7) is 5.54. The van der Waals surface area contributed by atoms with Gasteiger partial charge in [0.2, 0.25) is 0 Å². The lowest BCUT2D eigenvalue weighted by atomic mass is 9.92. The van der Waals surface area contributed by atoms with Crippen molar-refractivity contribution < 1.29 is 4.74 Å². The van der Waals surface area contributed by atoms with E-state index in [1.165, 1.54) is 5.56 Å². The number of nitrogens with two attached hydrogens (primary N) is 1. The zero-order chi connectivity index (χ0) is 14.5. The molecule has 0 heterocycles. The van der Waals surface area contributed by atoms with Crippen LogP contribution in [0.2, 0.25) is 5.02 Å². The number of likely N-dealkylation sites (N-methyl/N-ethyl adjacent to an activating group) is 1. The molecule has 0 aliphatic carbocycles. The number of halogens is 1. The second kappa shape index (κ2) is 7.25. The van der Waals surface area contributed by atoms with E-state index in [2.05, 4.69) is 37.9 Å². The molecule has 2 atom stereocenters. The largest absolute Gasteiger partial charge is 0.383 e. The number of hydrogen-bond acceptors (Lipinski definition) is 3. The SMILES string of the molecule is CCC(CN)(COC)N(C)C(C)c1ccc(Cl)cc1. The van der Waals surface area contributed by atoms with Crippen LogP contribution in [0.5, 0.6) is 0 Å². The van der Waals surface area contributed by atoms with Crippen LogP contribution in [-0.2, 0) is 4.74 Å². The molecular weight excluding hydrogens is 260 g/mol. The molecule has 0 fully saturated rings. The molecule has 2 N–H and O–H groups in total. The molecule has 2 unspecified atom stereocenters. The van der Waals surface area contributed by atoms with Gasteiger partial charge < -0.3 is 10.5 Å². The Hall–Kier alpha value is -0.610. The van der Waals surface area contributed by atoms with E-state index in [0.29, 0.717) is 13.2 Å². The van der Waals surface area contributed by atoms with Gasteiger partial charge >= 0.3 is 0 Å². The highest BCUT2D eigenvalue weighted by Gasteiger charge is 2.34. The minimum atomic E-state index is -0.131. The van der Waals surface area contributed by atoms with Crippen molar-refractivity contribution >= 4 is 11.6 Å². The topological polar surface area (TPSA) is 38.5 Å². The van der Waals surface area contributed by atoms with Crippen LogP contribution in [-0.4, -0.2) is 37.7 Å². The summed E-state index contributed by atoms with van der Waals surface area (Å²) in [5.41, 5.74) is 7.10. The summed E-state index contributed by atoms with van der Waals surface area (Å²) in [5, 5.41) is 0.760. The Morgan fingerprint density at radius 1 is 1.37 bits per heavy atom. The summed E-state index contributed by atoms with van der Waals surface area (Å²) in [6.07, 6.45) is 0.950. The molecule has 19 heavy (non-hydrogen) atoms. The molecule has 0 amide bonds. The van der Waals surface area contributed by atoms with E-state index in [1.54, 1.807) is 7.11 Å². The Bertz CT molecular complexity index is 376. The fourth-order valence-electron chi connectivity index (χ4n) is 2.44. The predicted octanol–water partition coefficient (Wildman–Crippen LogP) is 3.09. The van der Waals surface area contributed by atoms with Crippen LogP contribution in [0.4, 0.5) is 0 Å². The average Bonchev–Trinajstić information content (AvgIpc) is 2.44. The average molecular weight is 285 g/mol. The maximum atomic E-state index is 6.00. The van der Waals surface area contributed by atoms with Gasteiger partial charge in [0.05, 0.1) is 12.1 Å². The molecule has 0 saturated carbocycles. The Kier molecular flexibility index (Phi) is 6.27. The van der Waals surface area contributed by atoms with Crippen molar-refractivity contribution in [1.29, 1.82) is 0 Å². The highest BCUT2D eigenvalue weighted by Crippen LogP contribution is 2.29. The first kappa shape index (κ1) is 16.4. The maximum Gasteiger partial charge on any atom is 0.0659 e. The van der Waals surface area contributed by atoms with Crippen LogP contribution >= 0.6 is 11.6 Å². The van der Waals surface area contributed by atoms with Crippen LogP contribution in [0, 0.1) is 0 Å². The summed E-state index contributed by atoms with van der Waals surface area (Å²) in [5.74, 6) is 0. The van der Waals surface area contributed by atoms with Crippen molar-refractivity contribution in [3.63, 3.8) is 0 Å². The van der Waals surface area contributed by atoms with E-state index in [4.69, 9.17) is 22.1 Å². The van der Waals surface area contributed by atoms with Gasteiger partial charge in [-0.15, -0.1) is 0 Å². The van der Waals surface area contributed by atoms with Gasteiger partial charge in [0.15, 0.2) is 0 Å². The Labute approximate surface area is 121 Å². The molecule has 1 aromatic rings. The standard InChI is InChI=1S/C15H25ClN2O/c1-5-15(10-17,11-19-4)18(3)12(2)13-6-8-14(16)9-7-13/h6-9,12H,5,10-11,17H2,1-4H3. The van der Waals surface area contributed by atoms with E-state index >= 15 is 0 Å². The second-order valence-corrected chi connectivity index (χ2v) is 5.49. The lowest BCUT2D eigenvalue weighted by Gasteiger charge is -2.43. The fraction of sp³-hybridized carbons (Fsp3) is 0.600. The first-order valence-corrected chi connectivity index (χ1v) is 7.06. The quantitative estimate of drug-likeness (QED) is 0.836. The molecule has 0 aliphatic rings. The smallest absolute Gasteiger partial charge is 0.0659 e. The van der Waals surface area contributed by atoms with Crippen LogP contribution in [0.25, 0.3) is 0 Å². The summed E-state index contributed by atoms with van der Waals surface area (Å²) >= 11 is 5.94. The zero-order valence-electron chi connectivity index (χ0n) is 12.3. The van der Waals surface area contributed by atoms with Crippen molar-refractivity contribution in [2.24, 2.45) is 5.73 Å². The predicted molar refractivity (Wildman–Crippen MR) is 81.6 cm³/mol. The Morgan fingerprint density at radius 3 is 2.37 bits per heavy atom. The molecule has 0 bridgehead atoms. The van der Waals surface area contributed by atoms with E-state index in [1.807, 2.05) is 12.1 Å². The van der Waals surface area contributed by atoms with Gasteiger partial charge in [0.1, 0.15) is 0 Å². The Balaban J connectivity index is 2.95. The van der Waals surface area contributed by atoms with E-state index < -0.39 is 0 Å². The van der Waals surface area contributed by atoms with Gasteiger partial charge in [-0.2, -0.15) is 0 Å². The summed E-state index contributed by atoms with van der Waals surface area (Å²) < 4.78 is 5.37. The van der Waals surface area contributed by atoms with E-state index in [-0.39, 0.29) is 11.6 Å². The van der Waals surface area contributed by atoms with Gasteiger partial charge in [-0.3, -0.25) is 4.90 Å². The molecule has 3 nitrogen and oxygen atoms in total. The van der Waals surface area contributed by atoms with E-state index in [9.17, 15) is 0 Å². The third-order valence-electron chi connectivity index (χ3n) is 4.13. The van der Waals surface area contributed by atoms with Crippen LogP contribution in [0.15, 0.2) is 24.3 Å². The van der Waals surface area contributed by atoms with Crippen molar-refractivity contribution in [3.05, 3.63) is 34.9 Å². The lowest BCUT2D eigenvalue weighted by Crippen LogP contribution is -2.55. The molecule has 0 saturated heterocycles. The van der Waals surface area contributed by atoms with Gasteiger partial charge in [0, 0.05) is 24.7 Å². The van der Waals surface area contributed by atoms with Crippen molar-refractivity contribution in [2.75, 3.05) is 27.3 Å². The molecule has 108 valence electrons. The molecular formula is C15H25ClN2O. The fourth-order valence-corrected chi connectivity index (χ4v) is 2.57. The molecule has 0 radical (unpaired) electrons. The van der Waals surface area contributed by atoms with Gasteiger partial charge in [-0.05, 0) is 38.1 Å². The maximum absolute atomic E-state index is 6.00. The van der Waals surface area contributed by atoms with Crippen LogP contribution < -0.4 is 5.73 Å². The zero-order valence-corrected chi connectivity index (χ0v) is 13.1. The molecule has 0 aliphatic heterocycles. The van der Waals surface area contributed by atoms with Crippen molar-refractivity contribution in [2.45, 2.75) is 31.8 Å². The lowest BCUT2D eigenvalue weighted by molar-refractivity contribution is 0.00621. The number of rotatable bonds is 7. The molecule has 0 aromatic heterocycles. The van der Waals surface area contributed by atoms with Crippen LogP contribution in [0.3, 0.4) is 0 Å². The highest BCUT2D eigenvalue weighted by atomic mass is 35.5. The summed E-state index contributed by atoms with van der Waals surface area (Å²) in [4.78, 5) is 2.31. The molecule has 1 aromatic carbocycles. The normalized spacial score (nSPS) is 16.4. The van der Waals surface area contributed by atoms with Crippen LogP contribution in [0.1, 0.15) is 31.9 Å². The first-order chi connectivity index (χ1) is 9.00. The number of hydrogen-bond donors (Lipinski definition) is 1. The minimum absolute atomic E-state index is 0.131. The Morgan fingerprint density at radius 2 is 1.95 bits per heavy atom. The number of benzene rings is 1.